The van der Waals surface area contributed by atoms with Crippen molar-refractivity contribution in [1.82, 2.24) is 10.6 Å². The Hall–Kier alpha value is -2.41. The van der Waals surface area contributed by atoms with E-state index in [9.17, 15) is 14.4 Å². The molecule has 7 nitrogen and oxygen atoms in total. The Bertz CT molecular complexity index is 570. The molecule has 0 spiro atoms. The normalized spacial score (nSPS) is 17.5. The van der Waals surface area contributed by atoms with Crippen LogP contribution >= 0.6 is 0 Å². The highest BCUT2D eigenvalue weighted by Gasteiger charge is 2.27. The Morgan fingerprint density at radius 3 is 2.70 bits per heavy atom. The number of carbonyl (C=O) groups is 3. The summed E-state index contributed by atoms with van der Waals surface area (Å²) in [6.45, 7) is 0.654. The molecule has 1 aliphatic rings. The Balaban J connectivity index is 1.64. The van der Waals surface area contributed by atoms with Crippen molar-refractivity contribution in [3.63, 3.8) is 0 Å². The number of carbonyl (C=O) groups excluding carboxylic acids is 3. The monoisotopic (exact) mass is 320 g/mol. The van der Waals surface area contributed by atoms with Gasteiger partial charge in [0, 0.05) is 12.8 Å². The molecule has 23 heavy (non-hydrogen) atoms. The van der Waals surface area contributed by atoms with E-state index in [2.05, 4.69) is 10.6 Å². The highest BCUT2D eigenvalue weighted by atomic mass is 16.5. The first-order valence-corrected chi connectivity index (χ1v) is 7.42. The number of hydrogen-bond acceptors (Lipinski definition) is 5. The van der Waals surface area contributed by atoms with E-state index in [4.69, 9.17) is 9.47 Å². The lowest BCUT2D eigenvalue weighted by Crippen LogP contribution is -2.52. The molecule has 0 saturated carbocycles. The molecular formula is C16H20N2O5. The first-order valence-electron chi connectivity index (χ1n) is 7.42. The number of piperidine rings is 1. The number of imide groups is 1. The van der Waals surface area contributed by atoms with Gasteiger partial charge in [-0.25, -0.2) is 0 Å². The molecule has 1 heterocycles. The molecule has 1 aromatic rings. The topological polar surface area (TPSA) is 93.7 Å². The number of methoxy groups -OCH3 is 1. The quantitative estimate of drug-likeness (QED) is 0.564. The number of amides is 3. The van der Waals surface area contributed by atoms with E-state index in [1.807, 2.05) is 24.3 Å². The van der Waals surface area contributed by atoms with Crippen LogP contribution in [0, 0.1) is 0 Å². The van der Waals surface area contributed by atoms with Gasteiger partial charge in [-0.2, -0.15) is 0 Å². The minimum Gasteiger partial charge on any atom is -0.497 e. The van der Waals surface area contributed by atoms with Crippen LogP contribution in [0.5, 0.6) is 5.75 Å². The number of benzene rings is 1. The molecule has 1 atom stereocenters. The minimum atomic E-state index is -0.637. The molecule has 1 aromatic carbocycles. The average molecular weight is 320 g/mol. The van der Waals surface area contributed by atoms with Crippen LogP contribution in [-0.4, -0.2) is 37.5 Å². The molecule has 7 heteroatoms. The number of ether oxygens (including phenoxy) is 2. The standard InChI is InChI=1S/C16H20N2O5/c1-22-12-4-2-11(3-5-12)10-23-9-8-15(20)17-13-6-7-14(19)18-16(13)21/h2-5,13H,6-10H2,1H3,(H,17,20)(H,18,19,21)/t13-/m1/s1. The maximum atomic E-state index is 11.8. The van der Waals surface area contributed by atoms with Crippen molar-refractivity contribution in [2.45, 2.75) is 31.9 Å². The highest BCUT2D eigenvalue weighted by Crippen LogP contribution is 2.12. The van der Waals surface area contributed by atoms with Crippen LogP contribution in [0.3, 0.4) is 0 Å². The summed E-state index contributed by atoms with van der Waals surface area (Å²) < 4.78 is 10.5. The highest BCUT2D eigenvalue weighted by molar-refractivity contribution is 6.01. The molecule has 1 fully saturated rings. The molecule has 3 amide bonds. The van der Waals surface area contributed by atoms with Crippen molar-refractivity contribution in [3.8, 4) is 5.75 Å². The average Bonchev–Trinajstić information content (AvgIpc) is 2.55. The predicted octanol–water partition coefficient (Wildman–Crippen LogP) is 0.523. The largest absolute Gasteiger partial charge is 0.497 e. The van der Waals surface area contributed by atoms with E-state index >= 15 is 0 Å². The molecule has 0 aromatic heterocycles. The zero-order valence-corrected chi connectivity index (χ0v) is 13.0. The Kier molecular flexibility index (Phi) is 6.10. The molecule has 1 aliphatic heterocycles. The first kappa shape index (κ1) is 17.0. The van der Waals surface area contributed by atoms with Crippen LogP contribution in [0.1, 0.15) is 24.8 Å². The lowest BCUT2D eigenvalue weighted by atomic mass is 10.1. The third-order valence-corrected chi connectivity index (χ3v) is 3.48. The van der Waals surface area contributed by atoms with E-state index in [0.29, 0.717) is 13.0 Å². The number of nitrogens with one attached hydrogen (secondary N) is 2. The van der Waals surface area contributed by atoms with Crippen LogP contribution in [0.4, 0.5) is 0 Å². The van der Waals surface area contributed by atoms with Gasteiger partial charge in [-0.15, -0.1) is 0 Å². The van der Waals surface area contributed by atoms with Crippen molar-refractivity contribution in [3.05, 3.63) is 29.8 Å². The maximum absolute atomic E-state index is 11.8. The summed E-state index contributed by atoms with van der Waals surface area (Å²) in [5.74, 6) is -0.247. The zero-order chi connectivity index (χ0) is 16.7. The second kappa shape index (κ2) is 8.28. The van der Waals surface area contributed by atoms with Gasteiger partial charge >= 0.3 is 0 Å². The Morgan fingerprint density at radius 1 is 1.30 bits per heavy atom. The third kappa shape index (κ3) is 5.37. The second-order valence-corrected chi connectivity index (χ2v) is 5.22. The summed E-state index contributed by atoms with van der Waals surface area (Å²) in [6.07, 6.45) is 0.738. The van der Waals surface area contributed by atoms with Gasteiger partial charge < -0.3 is 14.8 Å². The van der Waals surface area contributed by atoms with Crippen molar-refractivity contribution < 1.29 is 23.9 Å². The molecule has 1 saturated heterocycles. The van der Waals surface area contributed by atoms with Gasteiger partial charge in [0.2, 0.25) is 17.7 Å². The molecule has 2 N–H and O–H groups in total. The van der Waals surface area contributed by atoms with Crippen molar-refractivity contribution in [2.24, 2.45) is 0 Å². The molecule has 0 aliphatic carbocycles. The summed E-state index contributed by atoms with van der Waals surface area (Å²) in [6, 6.07) is 6.83. The first-order chi connectivity index (χ1) is 11.1. The van der Waals surface area contributed by atoms with Gasteiger partial charge in [-0.05, 0) is 24.1 Å². The maximum Gasteiger partial charge on any atom is 0.249 e. The number of rotatable bonds is 7. The van der Waals surface area contributed by atoms with Crippen molar-refractivity contribution in [1.29, 1.82) is 0 Å². The van der Waals surface area contributed by atoms with Crippen LogP contribution in [0.15, 0.2) is 24.3 Å². The van der Waals surface area contributed by atoms with Gasteiger partial charge in [0.05, 0.1) is 20.3 Å². The fourth-order valence-electron chi connectivity index (χ4n) is 2.17. The minimum absolute atomic E-state index is 0.161. The lowest BCUT2D eigenvalue weighted by molar-refractivity contribution is -0.137. The van der Waals surface area contributed by atoms with E-state index in [1.165, 1.54) is 0 Å². The predicted molar refractivity (Wildman–Crippen MR) is 81.6 cm³/mol. The zero-order valence-electron chi connectivity index (χ0n) is 13.0. The molecule has 0 unspecified atom stereocenters. The van der Waals surface area contributed by atoms with Gasteiger partial charge in [-0.1, -0.05) is 12.1 Å². The van der Waals surface area contributed by atoms with Gasteiger partial charge in [0.1, 0.15) is 11.8 Å². The summed E-state index contributed by atoms with van der Waals surface area (Å²) in [7, 11) is 1.60. The van der Waals surface area contributed by atoms with Crippen LogP contribution in [0.2, 0.25) is 0 Å². The third-order valence-electron chi connectivity index (χ3n) is 3.48. The SMILES string of the molecule is COc1ccc(COCCC(=O)N[C@@H]2CCC(=O)NC2=O)cc1. The molecule has 2 rings (SSSR count). The van der Waals surface area contributed by atoms with E-state index < -0.39 is 11.9 Å². The van der Waals surface area contributed by atoms with E-state index in [-0.39, 0.29) is 31.3 Å². The van der Waals surface area contributed by atoms with Gasteiger partial charge in [0.25, 0.3) is 0 Å². The molecule has 124 valence electrons. The molecule has 0 bridgehead atoms. The Morgan fingerprint density at radius 2 is 2.04 bits per heavy atom. The number of hydrogen-bond donors (Lipinski definition) is 2. The van der Waals surface area contributed by atoms with Crippen LogP contribution < -0.4 is 15.4 Å². The smallest absolute Gasteiger partial charge is 0.249 e. The summed E-state index contributed by atoms with van der Waals surface area (Å²) >= 11 is 0. The van der Waals surface area contributed by atoms with Crippen molar-refractivity contribution >= 4 is 17.7 Å². The lowest BCUT2D eigenvalue weighted by Gasteiger charge is -2.21. The summed E-state index contributed by atoms with van der Waals surface area (Å²) in [4.78, 5) is 34.3. The van der Waals surface area contributed by atoms with Crippen LogP contribution in [0.25, 0.3) is 0 Å². The Labute approximate surface area is 134 Å². The van der Waals surface area contributed by atoms with Crippen molar-refractivity contribution in [2.75, 3.05) is 13.7 Å². The van der Waals surface area contributed by atoms with E-state index in [0.717, 1.165) is 11.3 Å². The second-order valence-electron chi connectivity index (χ2n) is 5.22. The summed E-state index contributed by atoms with van der Waals surface area (Å²) in [5, 5.41) is 4.80. The van der Waals surface area contributed by atoms with E-state index in [1.54, 1.807) is 7.11 Å². The van der Waals surface area contributed by atoms with Gasteiger partial charge in [0.15, 0.2) is 0 Å². The fraction of sp³-hybridized carbons (Fsp3) is 0.438. The van der Waals surface area contributed by atoms with Crippen LogP contribution in [-0.2, 0) is 25.7 Å². The fourth-order valence-corrected chi connectivity index (χ4v) is 2.17. The van der Waals surface area contributed by atoms with Gasteiger partial charge in [-0.3, -0.25) is 19.7 Å². The summed E-state index contributed by atoms with van der Waals surface area (Å²) in [5.41, 5.74) is 0.983. The molecule has 0 radical (unpaired) electrons. The molecular weight excluding hydrogens is 300 g/mol.